The average molecular weight is 340 g/mol. The highest BCUT2D eigenvalue weighted by atomic mass is 79.9. The third-order valence-electron chi connectivity index (χ3n) is 3.99. The fraction of sp³-hybridized carbons (Fsp3) is 0.647. The van der Waals surface area contributed by atoms with E-state index in [0.717, 1.165) is 23.2 Å². The van der Waals surface area contributed by atoms with Gasteiger partial charge in [0.15, 0.2) is 0 Å². The Morgan fingerprint density at radius 2 is 2.20 bits per heavy atom. The molecule has 3 heteroatoms. The molecule has 2 rings (SSSR count). The van der Waals surface area contributed by atoms with Crippen LogP contribution >= 0.6 is 15.9 Å². The van der Waals surface area contributed by atoms with E-state index >= 15 is 0 Å². The summed E-state index contributed by atoms with van der Waals surface area (Å²) in [6.07, 6.45) is 7.68. The summed E-state index contributed by atoms with van der Waals surface area (Å²) in [5.41, 5.74) is 1.30. The van der Waals surface area contributed by atoms with E-state index in [1.54, 1.807) is 0 Å². The highest BCUT2D eigenvalue weighted by Crippen LogP contribution is 2.34. The van der Waals surface area contributed by atoms with E-state index < -0.39 is 0 Å². The molecule has 2 atom stereocenters. The summed E-state index contributed by atoms with van der Waals surface area (Å²) in [6.45, 7) is 5.38. The summed E-state index contributed by atoms with van der Waals surface area (Å²) in [5, 5.41) is 3.78. The maximum Gasteiger partial charge on any atom is 0.124 e. The molecule has 1 heterocycles. The van der Waals surface area contributed by atoms with Crippen molar-refractivity contribution in [2.75, 3.05) is 6.61 Å². The highest BCUT2D eigenvalue weighted by molar-refractivity contribution is 9.10. The Bertz CT molecular complexity index is 421. The van der Waals surface area contributed by atoms with Crippen LogP contribution in [0.1, 0.15) is 64.0 Å². The van der Waals surface area contributed by atoms with Crippen molar-refractivity contribution in [1.29, 1.82) is 0 Å². The van der Waals surface area contributed by atoms with Gasteiger partial charge in [0.25, 0.3) is 0 Å². The molecule has 0 saturated heterocycles. The van der Waals surface area contributed by atoms with Gasteiger partial charge in [-0.1, -0.05) is 48.5 Å². The van der Waals surface area contributed by atoms with Crippen molar-refractivity contribution in [3.8, 4) is 5.75 Å². The molecule has 1 N–H and O–H groups in total. The third-order valence-corrected chi connectivity index (χ3v) is 4.48. The Hall–Kier alpha value is -0.540. The first-order valence-electron chi connectivity index (χ1n) is 7.89. The van der Waals surface area contributed by atoms with Gasteiger partial charge in [-0.15, -0.1) is 0 Å². The Labute approximate surface area is 131 Å². The number of benzene rings is 1. The Morgan fingerprint density at radius 1 is 1.35 bits per heavy atom. The quantitative estimate of drug-likeness (QED) is 0.687. The molecule has 0 saturated carbocycles. The van der Waals surface area contributed by atoms with E-state index in [2.05, 4.69) is 53.3 Å². The van der Waals surface area contributed by atoms with E-state index in [0.29, 0.717) is 12.1 Å². The number of rotatable bonds is 7. The Morgan fingerprint density at radius 3 is 3.00 bits per heavy atom. The van der Waals surface area contributed by atoms with Crippen LogP contribution in [0.3, 0.4) is 0 Å². The molecule has 0 fully saturated rings. The number of nitrogens with one attached hydrogen (secondary N) is 1. The first kappa shape index (κ1) is 15.8. The van der Waals surface area contributed by atoms with Crippen molar-refractivity contribution in [3.05, 3.63) is 28.2 Å². The minimum atomic E-state index is 0.428. The van der Waals surface area contributed by atoms with Gasteiger partial charge in [0.2, 0.25) is 0 Å². The monoisotopic (exact) mass is 339 g/mol. The van der Waals surface area contributed by atoms with Crippen LogP contribution in [0.2, 0.25) is 0 Å². The number of halogens is 1. The van der Waals surface area contributed by atoms with Crippen LogP contribution in [-0.2, 0) is 0 Å². The van der Waals surface area contributed by atoms with Crippen molar-refractivity contribution >= 4 is 15.9 Å². The van der Waals surface area contributed by atoms with Crippen LogP contribution in [0.5, 0.6) is 5.75 Å². The number of hydrogen-bond acceptors (Lipinski definition) is 2. The molecule has 1 aliphatic rings. The fourth-order valence-electron chi connectivity index (χ4n) is 2.84. The van der Waals surface area contributed by atoms with Crippen LogP contribution in [0.15, 0.2) is 22.7 Å². The molecule has 0 amide bonds. The zero-order valence-electron chi connectivity index (χ0n) is 12.6. The predicted molar refractivity (Wildman–Crippen MR) is 88.4 cm³/mol. The van der Waals surface area contributed by atoms with E-state index in [1.165, 1.54) is 37.7 Å². The smallest absolute Gasteiger partial charge is 0.124 e. The summed E-state index contributed by atoms with van der Waals surface area (Å²) < 4.78 is 6.87. The fourth-order valence-corrected chi connectivity index (χ4v) is 3.22. The summed E-state index contributed by atoms with van der Waals surface area (Å²) in [6, 6.07) is 7.31. The summed E-state index contributed by atoms with van der Waals surface area (Å²) in [4.78, 5) is 0. The summed E-state index contributed by atoms with van der Waals surface area (Å²) in [7, 11) is 0. The molecule has 20 heavy (non-hydrogen) atoms. The molecule has 0 spiro atoms. The molecule has 1 aliphatic heterocycles. The molecule has 2 unspecified atom stereocenters. The lowest BCUT2D eigenvalue weighted by Crippen LogP contribution is -2.33. The molecule has 1 aromatic rings. The van der Waals surface area contributed by atoms with Crippen molar-refractivity contribution in [2.45, 2.75) is 64.5 Å². The number of hydrogen-bond donors (Lipinski definition) is 1. The van der Waals surface area contributed by atoms with Gasteiger partial charge in [-0.05, 0) is 31.5 Å². The van der Waals surface area contributed by atoms with E-state index in [1.807, 2.05) is 0 Å². The summed E-state index contributed by atoms with van der Waals surface area (Å²) >= 11 is 3.56. The minimum absolute atomic E-state index is 0.428. The topological polar surface area (TPSA) is 21.3 Å². The zero-order chi connectivity index (χ0) is 14.4. The van der Waals surface area contributed by atoms with E-state index in [9.17, 15) is 0 Å². The largest absolute Gasteiger partial charge is 0.493 e. The number of ether oxygens (including phenoxy) is 1. The Balaban J connectivity index is 1.89. The molecule has 1 aromatic carbocycles. The van der Waals surface area contributed by atoms with Gasteiger partial charge in [-0.2, -0.15) is 0 Å². The first-order chi connectivity index (χ1) is 9.70. The molecule has 0 bridgehead atoms. The van der Waals surface area contributed by atoms with Crippen molar-refractivity contribution < 1.29 is 4.74 Å². The molecule has 0 radical (unpaired) electrons. The molecular weight excluding hydrogens is 314 g/mol. The molecule has 2 nitrogen and oxygen atoms in total. The van der Waals surface area contributed by atoms with Crippen LogP contribution < -0.4 is 10.1 Å². The average Bonchev–Trinajstić information content (AvgIpc) is 2.44. The van der Waals surface area contributed by atoms with Crippen molar-refractivity contribution in [2.24, 2.45) is 0 Å². The lowest BCUT2D eigenvalue weighted by molar-refractivity contribution is 0.243. The first-order valence-corrected chi connectivity index (χ1v) is 8.68. The minimum Gasteiger partial charge on any atom is -0.493 e. The van der Waals surface area contributed by atoms with E-state index in [-0.39, 0.29) is 0 Å². The highest BCUT2D eigenvalue weighted by Gasteiger charge is 2.22. The van der Waals surface area contributed by atoms with Gasteiger partial charge >= 0.3 is 0 Å². The SMILES string of the molecule is CCCCCCC(C)NC1CCOc2ccc(Br)cc21. The zero-order valence-corrected chi connectivity index (χ0v) is 14.2. The Kier molecular flexibility index (Phi) is 6.37. The van der Waals surface area contributed by atoms with Gasteiger partial charge in [0, 0.05) is 28.5 Å². The summed E-state index contributed by atoms with van der Waals surface area (Å²) in [5.74, 6) is 1.04. The molecule has 0 aromatic heterocycles. The van der Waals surface area contributed by atoms with Gasteiger partial charge in [-0.25, -0.2) is 0 Å². The number of unbranched alkanes of at least 4 members (excludes halogenated alkanes) is 3. The lowest BCUT2D eigenvalue weighted by Gasteiger charge is -2.29. The molecule has 112 valence electrons. The third kappa shape index (κ3) is 4.49. The second-order valence-electron chi connectivity index (χ2n) is 5.79. The van der Waals surface area contributed by atoms with Crippen molar-refractivity contribution in [3.63, 3.8) is 0 Å². The van der Waals surface area contributed by atoms with Gasteiger partial charge < -0.3 is 10.1 Å². The van der Waals surface area contributed by atoms with Gasteiger partial charge in [-0.3, -0.25) is 0 Å². The molecule has 0 aliphatic carbocycles. The van der Waals surface area contributed by atoms with Gasteiger partial charge in [0.1, 0.15) is 5.75 Å². The second-order valence-corrected chi connectivity index (χ2v) is 6.70. The van der Waals surface area contributed by atoms with Crippen molar-refractivity contribution in [1.82, 2.24) is 5.32 Å². The van der Waals surface area contributed by atoms with Gasteiger partial charge in [0.05, 0.1) is 6.61 Å². The normalized spacial score (nSPS) is 19.2. The second kappa shape index (κ2) is 8.04. The molecular formula is C17H26BrNO. The predicted octanol–water partition coefficient (Wildman–Crippen LogP) is 5.22. The van der Waals surface area contributed by atoms with Crippen LogP contribution in [0.25, 0.3) is 0 Å². The lowest BCUT2D eigenvalue weighted by atomic mass is 9.98. The maximum absolute atomic E-state index is 5.74. The standard InChI is InChI=1S/C17H26BrNO/c1-3-4-5-6-7-13(2)19-16-10-11-20-17-9-8-14(18)12-15(16)17/h8-9,12-13,16,19H,3-7,10-11H2,1-2H3. The van der Waals surface area contributed by atoms with Crippen LogP contribution in [0.4, 0.5) is 0 Å². The van der Waals surface area contributed by atoms with E-state index in [4.69, 9.17) is 4.74 Å². The van der Waals surface area contributed by atoms with Crippen LogP contribution in [-0.4, -0.2) is 12.6 Å². The van der Waals surface area contributed by atoms with Crippen LogP contribution in [0, 0.1) is 0 Å². The maximum atomic E-state index is 5.74. The number of fused-ring (bicyclic) bond motifs is 1.